The Labute approximate surface area is 126 Å². The van der Waals surface area contributed by atoms with E-state index in [4.69, 9.17) is 14.2 Å². The minimum Gasteiger partial charge on any atom is -0.497 e. The SMILES string of the molecule is CCCCCCOC(=O)C=Cc1ccc(OC)cc1OC. The van der Waals surface area contributed by atoms with Crippen LogP contribution in [0.2, 0.25) is 0 Å². The Bertz CT molecular complexity index is 466. The molecule has 1 aromatic carbocycles. The third-order valence-electron chi connectivity index (χ3n) is 3.08. The summed E-state index contributed by atoms with van der Waals surface area (Å²) in [5, 5.41) is 0. The lowest BCUT2D eigenvalue weighted by Gasteiger charge is -2.07. The maximum atomic E-state index is 11.6. The molecule has 0 fully saturated rings. The predicted molar refractivity (Wildman–Crippen MR) is 83.7 cm³/mol. The first kappa shape index (κ1) is 17.1. The molecule has 1 aromatic rings. The lowest BCUT2D eigenvalue weighted by atomic mass is 10.1. The fraction of sp³-hybridized carbons (Fsp3) is 0.471. The summed E-state index contributed by atoms with van der Waals surface area (Å²) in [4.78, 5) is 11.6. The van der Waals surface area contributed by atoms with Gasteiger partial charge < -0.3 is 14.2 Å². The van der Waals surface area contributed by atoms with Gasteiger partial charge in [0.25, 0.3) is 0 Å². The van der Waals surface area contributed by atoms with E-state index in [2.05, 4.69) is 6.92 Å². The molecule has 0 radical (unpaired) electrons. The first-order valence-electron chi connectivity index (χ1n) is 7.28. The molecule has 0 aliphatic rings. The maximum absolute atomic E-state index is 11.6. The second-order valence-corrected chi connectivity index (χ2v) is 4.67. The number of hydrogen-bond donors (Lipinski definition) is 0. The van der Waals surface area contributed by atoms with E-state index in [1.807, 2.05) is 12.1 Å². The molecule has 4 nitrogen and oxygen atoms in total. The van der Waals surface area contributed by atoms with Crippen molar-refractivity contribution in [3.8, 4) is 11.5 Å². The van der Waals surface area contributed by atoms with Crippen LogP contribution >= 0.6 is 0 Å². The highest BCUT2D eigenvalue weighted by molar-refractivity contribution is 5.87. The summed E-state index contributed by atoms with van der Waals surface area (Å²) in [6.07, 6.45) is 7.47. The first-order chi connectivity index (χ1) is 10.2. The average Bonchev–Trinajstić information content (AvgIpc) is 2.52. The lowest BCUT2D eigenvalue weighted by Crippen LogP contribution is -2.02. The zero-order chi connectivity index (χ0) is 15.5. The molecule has 0 saturated heterocycles. The monoisotopic (exact) mass is 292 g/mol. The van der Waals surface area contributed by atoms with Gasteiger partial charge in [-0.05, 0) is 24.6 Å². The van der Waals surface area contributed by atoms with Gasteiger partial charge in [-0.3, -0.25) is 0 Å². The van der Waals surface area contributed by atoms with Crippen molar-refractivity contribution in [2.24, 2.45) is 0 Å². The fourth-order valence-electron chi connectivity index (χ4n) is 1.86. The summed E-state index contributed by atoms with van der Waals surface area (Å²) < 4.78 is 15.5. The van der Waals surface area contributed by atoms with Gasteiger partial charge in [0.2, 0.25) is 0 Å². The van der Waals surface area contributed by atoms with Gasteiger partial charge in [-0.2, -0.15) is 0 Å². The van der Waals surface area contributed by atoms with Crippen molar-refractivity contribution in [3.05, 3.63) is 29.8 Å². The van der Waals surface area contributed by atoms with Crippen LogP contribution in [0, 0.1) is 0 Å². The summed E-state index contributed by atoms with van der Waals surface area (Å²) >= 11 is 0. The van der Waals surface area contributed by atoms with Gasteiger partial charge in [-0.25, -0.2) is 4.79 Å². The molecule has 0 atom stereocenters. The Balaban J connectivity index is 2.50. The zero-order valence-electron chi connectivity index (χ0n) is 13.1. The van der Waals surface area contributed by atoms with E-state index >= 15 is 0 Å². The smallest absolute Gasteiger partial charge is 0.330 e. The number of esters is 1. The Morgan fingerprint density at radius 2 is 1.95 bits per heavy atom. The van der Waals surface area contributed by atoms with Crippen molar-refractivity contribution in [1.29, 1.82) is 0 Å². The number of methoxy groups -OCH3 is 2. The second-order valence-electron chi connectivity index (χ2n) is 4.67. The largest absolute Gasteiger partial charge is 0.497 e. The summed E-state index contributed by atoms with van der Waals surface area (Å²) in [6.45, 7) is 2.62. The van der Waals surface area contributed by atoms with Crippen molar-refractivity contribution < 1.29 is 19.0 Å². The van der Waals surface area contributed by atoms with Gasteiger partial charge in [0.15, 0.2) is 0 Å². The molecule has 0 saturated carbocycles. The molecule has 1 rings (SSSR count). The molecule has 116 valence electrons. The molecule has 0 amide bonds. The molecule has 0 aliphatic carbocycles. The number of hydrogen-bond acceptors (Lipinski definition) is 4. The topological polar surface area (TPSA) is 44.8 Å². The molecule has 0 aliphatic heterocycles. The summed E-state index contributed by atoms with van der Waals surface area (Å²) in [5.74, 6) is 1.04. The molecule has 0 bridgehead atoms. The third kappa shape index (κ3) is 6.34. The third-order valence-corrected chi connectivity index (χ3v) is 3.08. The summed E-state index contributed by atoms with van der Waals surface area (Å²) in [6, 6.07) is 5.43. The molecule has 0 heterocycles. The number of ether oxygens (including phenoxy) is 3. The van der Waals surface area contributed by atoms with Crippen LogP contribution in [0.3, 0.4) is 0 Å². The van der Waals surface area contributed by atoms with E-state index in [0.717, 1.165) is 18.4 Å². The van der Waals surface area contributed by atoms with Gasteiger partial charge in [0, 0.05) is 17.7 Å². The number of unbranched alkanes of at least 4 members (excludes halogenated alkanes) is 3. The molecule has 0 N–H and O–H groups in total. The van der Waals surface area contributed by atoms with Crippen molar-refractivity contribution in [2.45, 2.75) is 32.6 Å². The quantitative estimate of drug-likeness (QED) is 0.394. The van der Waals surface area contributed by atoms with Crippen LogP contribution < -0.4 is 9.47 Å². The molecule has 21 heavy (non-hydrogen) atoms. The van der Waals surface area contributed by atoms with Gasteiger partial charge in [-0.1, -0.05) is 26.2 Å². The van der Waals surface area contributed by atoms with Gasteiger partial charge in [-0.15, -0.1) is 0 Å². The summed E-state index contributed by atoms with van der Waals surface area (Å²) in [7, 11) is 3.18. The number of benzene rings is 1. The second kappa shape index (κ2) is 9.86. The van der Waals surface area contributed by atoms with E-state index in [-0.39, 0.29) is 5.97 Å². The van der Waals surface area contributed by atoms with Crippen LogP contribution in [0.4, 0.5) is 0 Å². The molecule has 0 unspecified atom stereocenters. The normalized spacial score (nSPS) is 10.6. The highest BCUT2D eigenvalue weighted by Crippen LogP contribution is 2.25. The van der Waals surface area contributed by atoms with E-state index in [1.165, 1.54) is 18.9 Å². The van der Waals surface area contributed by atoms with E-state index in [1.54, 1.807) is 26.4 Å². The van der Waals surface area contributed by atoms with Gasteiger partial charge in [0.1, 0.15) is 11.5 Å². The number of carbonyl (C=O) groups is 1. The van der Waals surface area contributed by atoms with E-state index in [9.17, 15) is 4.79 Å². The van der Waals surface area contributed by atoms with Crippen LogP contribution in [-0.4, -0.2) is 26.8 Å². The van der Waals surface area contributed by atoms with Crippen LogP contribution in [-0.2, 0) is 9.53 Å². The maximum Gasteiger partial charge on any atom is 0.330 e. The predicted octanol–water partition coefficient (Wildman–Crippen LogP) is 3.84. The van der Waals surface area contributed by atoms with Crippen LogP contribution in [0.25, 0.3) is 6.08 Å². The van der Waals surface area contributed by atoms with E-state index < -0.39 is 0 Å². The van der Waals surface area contributed by atoms with Crippen molar-refractivity contribution >= 4 is 12.0 Å². The zero-order valence-corrected chi connectivity index (χ0v) is 13.1. The van der Waals surface area contributed by atoms with Crippen molar-refractivity contribution in [1.82, 2.24) is 0 Å². The van der Waals surface area contributed by atoms with Crippen molar-refractivity contribution in [3.63, 3.8) is 0 Å². The van der Waals surface area contributed by atoms with Crippen molar-refractivity contribution in [2.75, 3.05) is 20.8 Å². The molecule has 0 aromatic heterocycles. The molecular weight excluding hydrogens is 268 g/mol. The average molecular weight is 292 g/mol. The van der Waals surface area contributed by atoms with Gasteiger partial charge in [0.05, 0.1) is 20.8 Å². The van der Waals surface area contributed by atoms with Crippen LogP contribution in [0.1, 0.15) is 38.2 Å². The highest BCUT2D eigenvalue weighted by atomic mass is 16.5. The lowest BCUT2D eigenvalue weighted by molar-refractivity contribution is -0.137. The number of carbonyl (C=O) groups excluding carboxylic acids is 1. The Hall–Kier alpha value is -1.97. The summed E-state index contributed by atoms with van der Waals surface area (Å²) in [5.41, 5.74) is 0.807. The molecule has 4 heteroatoms. The first-order valence-corrected chi connectivity index (χ1v) is 7.28. The Morgan fingerprint density at radius 3 is 2.62 bits per heavy atom. The van der Waals surface area contributed by atoms with Crippen LogP contribution in [0.15, 0.2) is 24.3 Å². The number of rotatable bonds is 9. The van der Waals surface area contributed by atoms with Gasteiger partial charge >= 0.3 is 5.97 Å². The molecular formula is C17H24O4. The standard InChI is InChI=1S/C17H24O4/c1-4-5-6-7-12-21-17(18)11-9-14-8-10-15(19-2)13-16(14)20-3/h8-11,13H,4-7,12H2,1-3H3. The fourth-order valence-corrected chi connectivity index (χ4v) is 1.86. The Kier molecular flexibility index (Phi) is 8.02. The van der Waals surface area contributed by atoms with Crippen LogP contribution in [0.5, 0.6) is 11.5 Å². The Morgan fingerprint density at radius 1 is 1.14 bits per heavy atom. The molecule has 0 spiro atoms. The van der Waals surface area contributed by atoms with E-state index in [0.29, 0.717) is 18.1 Å². The minimum absolute atomic E-state index is 0.329. The highest BCUT2D eigenvalue weighted by Gasteiger charge is 2.03. The minimum atomic E-state index is -0.329.